The van der Waals surface area contributed by atoms with Gasteiger partial charge in [0.2, 0.25) is 0 Å². The van der Waals surface area contributed by atoms with Crippen LogP contribution in [0, 0.1) is 0 Å². The smallest absolute Gasteiger partial charge is 0.329 e. The molecule has 21 heavy (non-hydrogen) atoms. The number of carboxylic acids is 1. The molecule has 0 bridgehead atoms. The lowest BCUT2D eigenvalue weighted by atomic mass is 10.1. The molecular formula is C15H21NO4S. The molecule has 1 amide bonds. The first kappa shape index (κ1) is 17.5. The summed E-state index contributed by atoms with van der Waals surface area (Å²) >= 11 is 1.68. The molecule has 0 saturated heterocycles. The second-order valence-corrected chi connectivity index (χ2v) is 5.66. The number of carboxylic acid groups (broad SMARTS) is 1. The monoisotopic (exact) mass is 311 g/mol. The summed E-state index contributed by atoms with van der Waals surface area (Å²) in [6.45, 7) is 2.07. The van der Waals surface area contributed by atoms with Crippen LogP contribution in [0.25, 0.3) is 0 Å². The van der Waals surface area contributed by atoms with Gasteiger partial charge in [0, 0.05) is 5.56 Å². The fourth-order valence-corrected chi connectivity index (χ4v) is 2.72. The van der Waals surface area contributed by atoms with Crippen molar-refractivity contribution in [1.82, 2.24) is 5.06 Å². The van der Waals surface area contributed by atoms with Crippen LogP contribution in [0.2, 0.25) is 0 Å². The Morgan fingerprint density at radius 3 is 2.48 bits per heavy atom. The van der Waals surface area contributed by atoms with Crippen molar-refractivity contribution in [3.8, 4) is 0 Å². The van der Waals surface area contributed by atoms with Gasteiger partial charge < -0.3 is 5.11 Å². The van der Waals surface area contributed by atoms with Crippen LogP contribution in [0.15, 0.2) is 30.3 Å². The van der Waals surface area contributed by atoms with E-state index in [1.165, 1.54) is 7.11 Å². The highest BCUT2D eigenvalue weighted by molar-refractivity contribution is 7.99. The zero-order chi connectivity index (χ0) is 15.7. The minimum Gasteiger partial charge on any atom is -0.480 e. The molecule has 0 unspecified atom stereocenters. The third-order valence-corrected chi connectivity index (χ3v) is 4.09. The molecule has 0 radical (unpaired) electrons. The Balaban J connectivity index is 2.77. The van der Waals surface area contributed by atoms with E-state index in [-0.39, 0.29) is 0 Å². The maximum Gasteiger partial charge on any atom is 0.329 e. The summed E-state index contributed by atoms with van der Waals surface area (Å²) in [7, 11) is 1.32. The number of benzene rings is 1. The second-order valence-electron chi connectivity index (χ2n) is 4.43. The Hall–Kier alpha value is -1.53. The van der Waals surface area contributed by atoms with Gasteiger partial charge in [0.05, 0.1) is 7.11 Å². The third kappa shape index (κ3) is 5.40. The molecule has 0 aromatic heterocycles. The highest BCUT2D eigenvalue weighted by atomic mass is 32.2. The Morgan fingerprint density at radius 1 is 1.29 bits per heavy atom. The molecule has 1 rings (SSSR count). The predicted octanol–water partition coefficient (Wildman–Crippen LogP) is 2.68. The zero-order valence-corrected chi connectivity index (χ0v) is 13.1. The normalized spacial score (nSPS) is 11.9. The van der Waals surface area contributed by atoms with E-state index in [1.54, 1.807) is 42.1 Å². The fourth-order valence-electron chi connectivity index (χ4n) is 1.84. The SMILES string of the molecule is CCCSCC[C@@H](C(=O)O)N(OC)C(=O)c1ccccc1. The van der Waals surface area contributed by atoms with Crippen molar-refractivity contribution in [2.24, 2.45) is 0 Å². The van der Waals surface area contributed by atoms with Crippen molar-refractivity contribution >= 4 is 23.6 Å². The molecule has 0 saturated carbocycles. The fraction of sp³-hybridized carbons (Fsp3) is 0.467. The molecule has 0 aliphatic heterocycles. The molecule has 0 aliphatic carbocycles. The largest absolute Gasteiger partial charge is 0.480 e. The summed E-state index contributed by atoms with van der Waals surface area (Å²) in [4.78, 5) is 28.8. The topological polar surface area (TPSA) is 66.8 Å². The van der Waals surface area contributed by atoms with E-state index in [1.807, 2.05) is 0 Å². The number of hydroxylamine groups is 2. The van der Waals surface area contributed by atoms with Gasteiger partial charge in [0.1, 0.15) is 0 Å². The van der Waals surface area contributed by atoms with Gasteiger partial charge in [-0.25, -0.2) is 9.86 Å². The summed E-state index contributed by atoms with van der Waals surface area (Å²) in [6.07, 6.45) is 1.39. The van der Waals surface area contributed by atoms with Crippen molar-refractivity contribution in [3.63, 3.8) is 0 Å². The third-order valence-electron chi connectivity index (χ3n) is 2.87. The molecule has 0 spiro atoms. The molecule has 0 heterocycles. The number of thioether (sulfide) groups is 1. The molecule has 0 fully saturated rings. The number of carbonyl (C=O) groups excluding carboxylic acids is 1. The average Bonchev–Trinajstić information content (AvgIpc) is 2.50. The summed E-state index contributed by atoms with van der Waals surface area (Å²) in [6, 6.07) is 7.55. The minimum atomic E-state index is -1.06. The van der Waals surface area contributed by atoms with Crippen LogP contribution in [0.5, 0.6) is 0 Å². The summed E-state index contributed by atoms with van der Waals surface area (Å²) in [5.41, 5.74) is 0.409. The highest BCUT2D eigenvalue weighted by Gasteiger charge is 2.30. The van der Waals surface area contributed by atoms with Gasteiger partial charge in [-0.15, -0.1) is 0 Å². The standard InChI is InChI=1S/C15H21NO4S/c1-3-10-21-11-9-13(15(18)19)16(20-2)14(17)12-7-5-4-6-8-12/h4-8,13H,3,9-11H2,1-2H3,(H,18,19)/t13-/m0/s1. The summed E-state index contributed by atoms with van der Waals surface area (Å²) in [5, 5.41) is 10.3. The molecule has 1 aromatic carbocycles. The number of amides is 1. The van der Waals surface area contributed by atoms with Gasteiger partial charge in [-0.2, -0.15) is 11.8 Å². The number of nitrogens with zero attached hydrogens (tertiary/aromatic N) is 1. The van der Waals surface area contributed by atoms with Crippen molar-refractivity contribution in [3.05, 3.63) is 35.9 Å². The predicted molar refractivity (Wildman–Crippen MR) is 83.3 cm³/mol. The van der Waals surface area contributed by atoms with Crippen molar-refractivity contribution in [1.29, 1.82) is 0 Å². The van der Waals surface area contributed by atoms with Crippen molar-refractivity contribution in [2.45, 2.75) is 25.8 Å². The molecule has 1 atom stereocenters. The lowest BCUT2D eigenvalue weighted by molar-refractivity contribution is -0.166. The number of carbonyl (C=O) groups is 2. The molecule has 1 aromatic rings. The summed E-state index contributed by atoms with van der Waals surface area (Å²) < 4.78 is 0. The lowest BCUT2D eigenvalue weighted by Gasteiger charge is -2.26. The molecule has 1 N–H and O–H groups in total. The van der Waals surface area contributed by atoms with Crippen LogP contribution in [-0.2, 0) is 9.63 Å². The minimum absolute atomic E-state index is 0.354. The van der Waals surface area contributed by atoms with E-state index in [0.717, 1.165) is 17.2 Å². The van der Waals surface area contributed by atoms with Crippen molar-refractivity contribution < 1.29 is 19.5 Å². The van der Waals surface area contributed by atoms with Gasteiger partial charge in [-0.3, -0.25) is 9.63 Å². The molecule has 6 heteroatoms. The first-order chi connectivity index (χ1) is 10.1. The Kier molecular flexibility index (Phi) is 7.85. The number of rotatable bonds is 9. The van der Waals surface area contributed by atoms with Gasteiger partial charge in [0.25, 0.3) is 5.91 Å². The molecule has 5 nitrogen and oxygen atoms in total. The van der Waals surface area contributed by atoms with Crippen LogP contribution in [0.3, 0.4) is 0 Å². The van der Waals surface area contributed by atoms with E-state index in [9.17, 15) is 14.7 Å². The highest BCUT2D eigenvalue weighted by Crippen LogP contribution is 2.15. The zero-order valence-electron chi connectivity index (χ0n) is 12.3. The lowest BCUT2D eigenvalue weighted by Crippen LogP contribution is -2.44. The number of hydrogen-bond acceptors (Lipinski definition) is 4. The van der Waals surface area contributed by atoms with Crippen LogP contribution in [0.4, 0.5) is 0 Å². The van der Waals surface area contributed by atoms with E-state index in [2.05, 4.69) is 6.92 Å². The maximum absolute atomic E-state index is 12.3. The Bertz CT molecular complexity index is 452. The van der Waals surface area contributed by atoms with Crippen LogP contribution in [0.1, 0.15) is 30.1 Å². The van der Waals surface area contributed by atoms with Crippen molar-refractivity contribution in [2.75, 3.05) is 18.6 Å². The van der Waals surface area contributed by atoms with E-state index >= 15 is 0 Å². The maximum atomic E-state index is 12.3. The van der Waals surface area contributed by atoms with Crippen LogP contribution >= 0.6 is 11.8 Å². The van der Waals surface area contributed by atoms with E-state index < -0.39 is 17.9 Å². The van der Waals surface area contributed by atoms with Gasteiger partial charge >= 0.3 is 5.97 Å². The van der Waals surface area contributed by atoms with E-state index in [0.29, 0.717) is 17.7 Å². The Morgan fingerprint density at radius 2 is 1.95 bits per heavy atom. The average molecular weight is 311 g/mol. The van der Waals surface area contributed by atoms with Gasteiger partial charge in [-0.05, 0) is 36.5 Å². The number of hydrogen-bond donors (Lipinski definition) is 1. The summed E-state index contributed by atoms with van der Waals surface area (Å²) in [5.74, 6) is 0.155. The van der Waals surface area contributed by atoms with Crippen LogP contribution in [-0.4, -0.2) is 46.7 Å². The van der Waals surface area contributed by atoms with Crippen LogP contribution < -0.4 is 0 Å². The Labute approximate surface area is 129 Å². The molecule has 0 aliphatic rings. The molecular weight excluding hydrogens is 290 g/mol. The van der Waals surface area contributed by atoms with E-state index in [4.69, 9.17) is 4.84 Å². The first-order valence-electron chi connectivity index (χ1n) is 6.85. The van der Waals surface area contributed by atoms with Gasteiger partial charge in [0.15, 0.2) is 6.04 Å². The second kappa shape index (κ2) is 9.41. The number of aliphatic carboxylic acids is 1. The molecule has 116 valence electrons. The quantitative estimate of drug-likeness (QED) is 0.561. The van der Waals surface area contributed by atoms with Gasteiger partial charge in [-0.1, -0.05) is 25.1 Å². The first-order valence-corrected chi connectivity index (χ1v) is 8.00.